The molecule has 0 amide bonds. The zero-order valence-corrected chi connectivity index (χ0v) is 12.5. The van der Waals surface area contributed by atoms with Gasteiger partial charge in [0, 0.05) is 18.3 Å². The van der Waals surface area contributed by atoms with Gasteiger partial charge in [0.25, 0.3) is 0 Å². The number of hydrogen-bond donors (Lipinski definition) is 1. The number of nitrogens with one attached hydrogen (secondary N) is 1. The highest BCUT2D eigenvalue weighted by molar-refractivity contribution is 5.45. The molecule has 0 spiro atoms. The zero-order chi connectivity index (χ0) is 13.5. The van der Waals surface area contributed by atoms with Crippen molar-refractivity contribution in [2.45, 2.75) is 52.0 Å². The summed E-state index contributed by atoms with van der Waals surface area (Å²) in [5, 5.41) is 3.71. The van der Waals surface area contributed by atoms with E-state index in [-0.39, 0.29) is 0 Å². The maximum atomic E-state index is 3.71. The van der Waals surface area contributed by atoms with Gasteiger partial charge in [-0.1, -0.05) is 26.0 Å². The van der Waals surface area contributed by atoms with Gasteiger partial charge < -0.3 is 10.2 Å². The highest BCUT2D eigenvalue weighted by Gasteiger charge is 2.16. The predicted molar refractivity (Wildman–Crippen MR) is 83.8 cm³/mol. The second kappa shape index (κ2) is 7.54. The first-order valence-electron chi connectivity index (χ1n) is 7.89. The maximum Gasteiger partial charge on any atom is 0.0342 e. The van der Waals surface area contributed by atoms with Crippen molar-refractivity contribution in [1.29, 1.82) is 0 Å². The summed E-state index contributed by atoms with van der Waals surface area (Å²) in [6.07, 6.45) is 6.29. The van der Waals surface area contributed by atoms with E-state index in [9.17, 15) is 0 Å². The fourth-order valence-corrected chi connectivity index (χ4v) is 2.91. The third-order valence-electron chi connectivity index (χ3n) is 4.09. The summed E-state index contributed by atoms with van der Waals surface area (Å²) in [5.74, 6) is 0. The summed E-state index contributed by atoms with van der Waals surface area (Å²) in [5.41, 5.74) is 2.70. The van der Waals surface area contributed by atoms with Gasteiger partial charge in [0.1, 0.15) is 0 Å². The van der Waals surface area contributed by atoms with Gasteiger partial charge in [-0.05, 0) is 62.9 Å². The fourth-order valence-electron chi connectivity index (χ4n) is 2.91. The minimum Gasteiger partial charge on any atom is -0.382 e. The van der Waals surface area contributed by atoms with Crippen LogP contribution in [0.2, 0.25) is 0 Å². The second-order valence-corrected chi connectivity index (χ2v) is 5.66. The molecule has 0 aliphatic carbocycles. The molecule has 1 N–H and O–H groups in total. The van der Waals surface area contributed by atoms with Crippen LogP contribution in [0.5, 0.6) is 0 Å². The van der Waals surface area contributed by atoms with Crippen LogP contribution in [-0.4, -0.2) is 30.6 Å². The monoisotopic (exact) mass is 260 g/mol. The Bertz CT molecular complexity index is 358. The quantitative estimate of drug-likeness (QED) is 0.863. The first-order valence-corrected chi connectivity index (χ1v) is 7.89. The molecule has 0 bridgehead atoms. The normalized spacial score (nSPS) is 21.1. The third kappa shape index (κ3) is 4.54. The lowest BCUT2D eigenvalue weighted by Gasteiger charge is -2.20. The van der Waals surface area contributed by atoms with E-state index in [0.29, 0.717) is 6.04 Å². The van der Waals surface area contributed by atoms with Gasteiger partial charge in [-0.25, -0.2) is 0 Å². The van der Waals surface area contributed by atoms with Crippen LogP contribution in [0.4, 0.5) is 5.69 Å². The van der Waals surface area contributed by atoms with Crippen LogP contribution < -0.4 is 5.32 Å². The van der Waals surface area contributed by atoms with Crippen molar-refractivity contribution in [2.24, 2.45) is 0 Å². The topological polar surface area (TPSA) is 15.3 Å². The molecule has 1 saturated heterocycles. The molecule has 2 heteroatoms. The number of benzene rings is 1. The number of rotatable bonds is 5. The molecule has 2 nitrogen and oxygen atoms in total. The molecule has 1 heterocycles. The van der Waals surface area contributed by atoms with Gasteiger partial charge in [0.15, 0.2) is 0 Å². The van der Waals surface area contributed by atoms with Crippen LogP contribution in [0, 0.1) is 0 Å². The van der Waals surface area contributed by atoms with E-state index in [2.05, 4.69) is 48.3 Å². The average molecular weight is 260 g/mol. The number of anilines is 1. The zero-order valence-electron chi connectivity index (χ0n) is 12.5. The van der Waals surface area contributed by atoms with E-state index >= 15 is 0 Å². The lowest BCUT2D eigenvalue weighted by Crippen LogP contribution is -2.27. The molecule has 0 aromatic heterocycles. The summed E-state index contributed by atoms with van der Waals surface area (Å²) < 4.78 is 0. The smallest absolute Gasteiger partial charge is 0.0342 e. The van der Waals surface area contributed by atoms with Gasteiger partial charge in [-0.3, -0.25) is 0 Å². The van der Waals surface area contributed by atoms with E-state index in [1.807, 2.05) is 0 Å². The summed E-state index contributed by atoms with van der Waals surface area (Å²) >= 11 is 0. The molecule has 1 aliphatic rings. The molecule has 106 valence electrons. The lowest BCUT2D eigenvalue weighted by molar-refractivity contribution is 0.285. The van der Waals surface area contributed by atoms with Gasteiger partial charge in [-0.15, -0.1) is 0 Å². The van der Waals surface area contributed by atoms with Crippen molar-refractivity contribution in [1.82, 2.24) is 4.90 Å². The Morgan fingerprint density at radius 1 is 1.11 bits per heavy atom. The standard InChI is InChI=1S/C17H28N2/c1-3-12-19-13-5-6-16(11-14-19)18-17-9-7-15(4-2)8-10-17/h7-10,16,18H,3-6,11-14H2,1-2H3. The van der Waals surface area contributed by atoms with Crippen molar-refractivity contribution in [3.05, 3.63) is 29.8 Å². The van der Waals surface area contributed by atoms with Crippen molar-refractivity contribution < 1.29 is 0 Å². The van der Waals surface area contributed by atoms with E-state index in [1.54, 1.807) is 0 Å². The fraction of sp³-hybridized carbons (Fsp3) is 0.647. The molecular formula is C17H28N2. The van der Waals surface area contributed by atoms with Gasteiger partial charge in [-0.2, -0.15) is 0 Å². The molecule has 2 rings (SSSR count). The van der Waals surface area contributed by atoms with Crippen LogP contribution in [0.3, 0.4) is 0 Å². The highest BCUT2D eigenvalue weighted by Crippen LogP contribution is 2.17. The molecule has 0 saturated carbocycles. The van der Waals surface area contributed by atoms with Gasteiger partial charge in [0.2, 0.25) is 0 Å². The molecule has 0 radical (unpaired) electrons. The van der Waals surface area contributed by atoms with Gasteiger partial charge >= 0.3 is 0 Å². The number of likely N-dealkylation sites (tertiary alicyclic amines) is 1. The summed E-state index contributed by atoms with van der Waals surface area (Å²) in [7, 11) is 0. The van der Waals surface area contributed by atoms with Gasteiger partial charge in [0.05, 0.1) is 0 Å². The Morgan fingerprint density at radius 3 is 2.58 bits per heavy atom. The molecule has 1 unspecified atom stereocenters. The second-order valence-electron chi connectivity index (χ2n) is 5.66. The van der Waals surface area contributed by atoms with E-state index in [4.69, 9.17) is 0 Å². The largest absolute Gasteiger partial charge is 0.382 e. The van der Waals surface area contributed by atoms with Crippen LogP contribution in [0.1, 0.15) is 45.1 Å². The van der Waals surface area contributed by atoms with Crippen LogP contribution in [0.15, 0.2) is 24.3 Å². The Morgan fingerprint density at radius 2 is 1.89 bits per heavy atom. The Hall–Kier alpha value is -1.02. The van der Waals surface area contributed by atoms with Crippen molar-refractivity contribution in [3.63, 3.8) is 0 Å². The summed E-state index contributed by atoms with van der Waals surface area (Å²) in [6.45, 7) is 8.27. The molecule has 1 atom stereocenters. The van der Waals surface area contributed by atoms with Crippen LogP contribution in [0.25, 0.3) is 0 Å². The van der Waals surface area contributed by atoms with E-state index in [0.717, 1.165) is 6.42 Å². The third-order valence-corrected chi connectivity index (χ3v) is 4.09. The molecule has 1 aromatic carbocycles. The number of aryl methyl sites for hydroxylation is 1. The minimum absolute atomic E-state index is 0.648. The predicted octanol–water partition coefficient (Wildman–Crippen LogP) is 3.93. The van der Waals surface area contributed by atoms with Crippen molar-refractivity contribution >= 4 is 5.69 Å². The molecule has 1 aliphatic heterocycles. The maximum absolute atomic E-state index is 3.71. The lowest BCUT2D eigenvalue weighted by atomic mass is 10.1. The molecular weight excluding hydrogens is 232 g/mol. The Labute approximate surface area is 118 Å². The van der Waals surface area contributed by atoms with Crippen molar-refractivity contribution in [2.75, 3.05) is 25.0 Å². The SMILES string of the molecule is CCCN1CCCC(Nc2ccc(CC)cc2)CC1. The first kappa shape index (κ1) is 14.4. The summed E-state index contributed by atoms with van der Waals surface area (Å²) in [4.78, 5) is 2.61. The number of hydrogen-bond acceptors (Lipinski definition) is 2. The van der Waals surface area contributed by atoms with E-state index < -0.39 is 0 Å². The molecule has 1 fully saturated rings. The minimum atomic E-state index is 0.648. The molecule has 19 heavy (non-hydrogen) atoms. The Balaban J connectivity index is 1.84. The Kier molecular flexibility index (Phi) is 5.71. The van der Waals surface area contributed by atoms with Crippen LogP contribution >= 0.6 is 0 Å². The average Bonchev–Trinajstić information content (AvgIpc) is 2.66. The van der Waals surface area contributed by atoms with Crippen LogP contribution in [-0.2, 0) is 6.42 Å². The van der Waals surface area contributed by atoms with Crippen molar-refractivity contribution in [3.8, 4) is 0 Å². The summed E-state index contributed by atoms with van der Waals surface area (Å²) in [6, 6.07) is 9.58. The highest BCUT2D eigenvalue weighted by atomic mass is 15.1. The first-order chi connectivity index (χ1) is 9.31. The molecule has 1 aromatic rings. The van der Waals surface area contributed by atoms with E-state index in [1.165, 1.54) is 56.6 Å². The number of nitrogens with zero attached hydrogens (tertiary/aromatic N) is 1.